The Morgan fingerprint density at radius 1 is 1.25 bits per heavy atom. The Labute approximate surface area is 196 Å². The van der Waals surface area contributed by atoms with Gasteiger partial charge >= 0.3 is 5.97 Å². The van der Waals surface area contributed by atoms with Crippen molar-refractivity contribution < 1.29 is 14.6 Å². The molecular formula is C26H35ClN2O3. The Hall–Kier alpha value is -1.56. The molecule has 0 spiro atoms. The van der Waals surface area contributed by atoms with Crippen LogP contribution in [0.2, 0.25) is 5.02 Å². The van der Waals surface area contributed by atoms with E-state index in [1.165, 1.54) is 16.8 Å². The predicted octanol–water partition coefficient (Wildman–Crippen LogP) is 4.06. The van der Waals surface area contributed by atoms with E-state index in [0.717, 1.165) is 50.5 Å². The van der Waals surface area contributed by atoms with Crippen molar-refractivity contribution in [1.82, 2.24) is 4.90 Å². The number of aryl methyl sites for hydroxylation is 1. The smallest absolute Gasteiger partial charge is 0.311 e. The van der Waals surface area contributed by atoms with Crippen LogP contribution in [0.25, 0.3) is 0 Å². The largest absolute Gasteiger partial charge is 0.461 e. The van der Waals surface area contributed by atoms with Crippen LogP contribution < -0.4 is 4.90 Å². The first kappa shape index (κ1) is 22.2. The number of nitrogens with zero attached hydrogens (tertiary/aromatic N) is 2. The van der Waals surface area contributed by atoms with Crippen LogP contribution in [0.5, 0.6) is 0 Å². The van der Waals surface area contributed by atoms with Gasteiger partial charge in [-0.15, -0.1) is 0 Å². The summed E-state index contributed by atoms with van der Waals surface area (Å²) in [5.41, 5.74) is 3.48. The Bertz CT molecular complexity index is 926. The second kappa shape index (κ2) is 8.34. The predicted molar refractivity (Wildman–Crippen MR) is 127 cm³/mol. The van der Waals surface area contributed by atoms with Crippen LogP contribution in [0.4, 0.5) is 5.69 Å². The molecule has 2 aliphatic carbocycles. The number of hydrogen-bond donors (Lipinski definition) is 1. The molecule has 32 heavy (non-hydrogen) atoms. The fourth-order valence-corrected chi connectivity index (χ4v) is 6.81. The van der Waals surface area contributed by atoms with Crippen molar-refractivity contribution in [1.29, 1.82) is 0 Å². The lowest BCUT2D eigenvalue weighted by atomic mass is 9.55. The summed E-state index contributed by atoms with van der Waals surface area (Å²) < 4.78 is 5.85. The van der Waals surface area contributed by atoms with Crippen LogP contribution >= 0.6 is 11.6 Å². The molecule has 1 aromatic carbocycles. The monoisotopic (exact) mass is 458 g/mol. The van der Waals surface area contributed by atoms with E-state index < -0.39 is 6.10 Å². The number of fused-ring (bicyclic) bond motifs is 2. The molecule has 0 amide bonds. The normalized spacial score (nSPS) is 37.5. The molecule has 0 unspecified atom stereocenters. The lowest BCUT2D eigenvalue weighted by Crippen LogP contribution is -2.55. The Balaban J connectivity index is 1.28. The quantitative estimate of drug-likeness (QED) is 0.547. The first-order chi connectivity index (χ1) is 15.3. The van der Waals surface area contributed by atoms with Crippen LogP contribution in [-0.2, 0) is 9.53 Å². The maximum atomic E-state index is 12.9. The fourth-order valence-electron chi connectivity index (χ4n) is 6.65. The molecule has 6 heteroatoms. The van der Waals surface area contributed by atoms with Gasteiger partial charge in [-0.05, 0) is 43.4 Å². The van der Waals surface area contributed by atoms with Gasteiger partial charge in [-0.2, -0.15) is 0 Å². The lowest BCUT2D eigenvalue weighted by Gasteiger charge is -2.52. The number of rotatable bonds is 3. The number of halogens is 1. The molecule has 1 N–H and O–H groups in total. The van der Waals surface area contributed by atoms with Gasteiger partial charge < -0.3 is 14.7 Å². The van der Waals surface area contributed by atoms with E-state index in [2.05, 4.69) is 42.7 Å². The molecule has 0 bridgehead atoms. The molecule has 5 nitrogen and oxygen atoms in total. The number of benzene rings is 1. The summed E-state index contributed by atoms with van der Waals surface area (Å²) in [5.74, 6) is -0.0673. The van der Waals surface area contributed by atoms with Gasteiger partial charge in [0.15, 0.2) is 0 Å². The number of anilines is 1. The minimum atomic E-state index is -0.533. The van der Waals surface area contributed by atoms with E-state index in [4.69, 9.17) is 16.3 Å². The van der Waals surface area contributed by atoms with Gasteiger partial charge in [0.05, 0.1) is 12.0 Å². The highest BCUT2D eigenvalue weighted by Crippen LogP contribution is 2.56. The van der Waals surface area contributed by atoms with Crippen molar-refractivity contribution in [2.75, 3.05) is 37.6 Å². The number of esters is 1. The first-order valence-corrected chi connectivity index (χ1v) is 12.5. The highest BCUT2D eigenvalue weighted by Gasteiger charge is 2.59. The van der Waals surface area contributed by atoms with Gasteiger partial charge in [-0.3, -0.25) is 9.69 Å². The summed E-state index contributed by atoms with van der Waals surface area (Å²) in [5, 5.41) is 12.3. The summed E-state index contributed by atoms with van der Waals surface area (Å²) in [7, 11) is 0. The van der Waals surface area contributed by atoms with E-state index in [0.29, 0.717) is 12.5 Å². The van der Waals surface area contributed by atoms with Gasteiger partial charge in [0, 0.05) is 61.2 Å². The molecular weight excluding hydrogens is 424 g/mol. The van der Waals surface area contributed by atoms with Gasteiger partial charge in [0.25, 0.3) is 0 Å². The molecule has 0 radical (unpaired) electrons. The number of ether oxygens (including phenoxy) is 1. The molecule has 3 fully saturated rings. The molecule has 6 atom stereocenters. The van der Waals surface area contributed by atoms with Crippen LogP contribution in [-0.4, -0.2) is 60.9 Å². The summed E-state index contributed by atoms with van der Waals surface area (Å²) in [6.07, 6.45) is 4.52. The molecule has 5 rings (SSSR count). The number of piperazine rings is 1. The molecule has 174 valence electrons. The number of aliphatic hydroxyl groups is 1. The van der Waals surface area contributed by atoms with Gasteiger partial charge in [-0.1, -0.05) is 43.2 Å². The highest BCUT2D eigenvalue weighted by molar-refractivity contribution is 6.30. The first-order valence-electron chi connectivity index (χ1n) is 12.1. The van der Waals surface area contributed by atoms with E-state index in [1.807, 2.05) is 12.1 Å². The van der Waals surface area contributed by atoms with Gasteiger partial charge in [0.2, 0.25) is 0 Å². The zero-order valence-corrected chi connectivity index (χ0v) is 20.1. The topological polar surface area (TPSA) is 53.0 Å². The van der Waals surface area contributed by atoms with Crippen LogP contribution in [0.1, 0.15) is 38.7 Å². The van der Waals surface area contributed by atoms with Gasteiger partial charge in [0.1, 0.15) is 6.10 Å². The third kappa shape index (κ3) is 3.57. The third-order valence-electron chi connectivity index (χ3n) is 8.91. The Morgan fingerprint density at radius 2 is 2.00 bits per heavy atom. The lowest BCUT2D eigenvalue weighted by molar-refractivity contribution is -0.145. The van der Waals surface area contributed by atoms with Crippen molar-refractivity contribution in [2.45, 2.75) is 52.2 Å². The van der Waals surface area contributed by atoms with E-state index in [1.54, 1.807) is 0 Å². The average Bonchev–Trinajstić information content (AvgIpc) is 3.08. The minimum Gasteiger partial charge on any atom is -0.461 e. The summed E-state index contributed by atoms with van der Waals surface area (Å²) in [6, 6.07) is 6.04. The molecule has 4 aliphatic rings. The Kier molecular flexibility index (Phi) is 5.80. The number of hydrogen-bond acceptors (Lipinski definition) is 5. The maximum absolute atomic E-state index is 12.9. The molecule has 2 saturated heterocycles. The molecule has 1 aromatic rings. The average molecular weight is 459 g/mol. The van der Waals surface area contributed by atoms with Crippen LogP contribution in [0, 0.1) is 30.1 Å². The van der Waals surface area contributed by atoms with E-state index in [-0.39, 0.29) is 29.3 Å². The minimum absolute atomic E-state index is 0.113. The van der Waals surface area contributed by atoms with Crippen molar-refractivity contribution >= 4 is 23.3 Å². The molecule has 0 aromatic heterocycles. The van der Waals surface area contributed by atoms with Crippen LogP contribution in [0.15, 0.2) is 29.8 Å². The number of allylic oxidation sites excluding steroid dienone is 1. The zero-order valence-electron chi connectivity index (χ0n) is 19.4. The summed E-state index contributed by atoms with van der Waals surface area (Å²) >= 11 is 6.23. The molecule has 2 heterocycles. The zero-order chi connectivity index (χ0) is 22.6. The fraction of sp³-hybridized carbons (Fsp3) is 0.654. The standard InChI is InChI=1S/C26H35ClN2O3/c1-16-7-8-19(27)14-21(16)29-11-9-28(10-12-29)15-20-23-22(32-25(20)31)13-18-6-4-5-17(2)26(18,3)24(23)30/h6-8,14,17,20,22-24,30H,4-5,9-13,15H2,1-3H3/t17-,20+,22+,23+,24+,26+/m0/s1. The third-order valence-corrected chi connectivity index (χ3v) is 9.14. The number of carbonyl (C=O) groups is 1. The van der Waals surface area contributed by atoms with Crippen LogP contribution in [0.3, 0.4) is 0 Å². The van der Waals surface area contributed by atoms with E-state index in [9.17, 15) is 9.90 Å². The summed E-state index contributed by atoms with van der Waals surface area (Å²) in [6.45, 7) is 10.8. The number of aliphatic hydroxyl groups excluding tert-OH is 1. The second-order valence-corrected chi connectivity index (χ2v) is 11.0. The second-order valence-electron chi connectivity index (χ2n) is 10.5. The molecule has 2 aliphatic heterocycles. The van der Waals surface area contributed by atoms with Crippen molar-refractivity contribution in [2.24, 2.45) is 23.2 Å². The van der Waals surface area contributed by atoms with Gasteiger partial charge in [-0.25, -0.2) is 0 Å². The van der Waals surface area contributed by atoms with Crippen molar-refractivity contribution in [3.05, 3.63) is 40.4 Å². The molecule has 1 saturated carbocycles. The SMILES string of the molecule is Cc1ccc(Cl)cc1N1CCN(C[C@H]2C(=O)O[C@@H]3CC4=CCC[C@H](C)[C@@]4(C)[C@H](O)[C@@H]32)CC1. The van der Waals surface area contributed by atoms with Crippen molar-refractivity contribution in [3.8, 4) is 0 Å². The Morgan fingerprint density at radius 3 is 2.75 bits per heavy atom. The van der Waals surface area contributed by atoms with Crippen molar-refractivity contribution in [3.63, 3.8) is 0 Å². The maximum Gasteiger partial charge on any atom is 0.311 e. The van der Waals surface area contributed by atoms with E-state index >= 15 is 0 Å². The number of carbonyl (C=O) groups excluding carboxylic acids is 1. The highest BCUT2D eigenvalue weighted by atomic mass is 35.5. The summed E-state index contributed by atoms with van der Waals surface area (Å²) in [4.78, 5) is 17.7.